The Kier molecular flexibility index (Phi) is 21.5. The van der Waals surface area contributed by atoms with E-state index in [1.807, 2.05) is 0 Å². The predicted octanol–water partition coefficient (Wildman–Crippen LogP) is 12.9. The summed E-state index contributed by atoms with van der Waals surface area (Å²) < 4.78 is 211. The first-order chi connectivity index (χ1) is 39.9. The van der Waals surface area contributed by atoms with Gasteiger partial charge in [-0.15, -0.1) is 0 Å². The Balaban J connectivity index is 0.000000310. The standard InChI is InChI=1S/C29H24F8N2O4.C29H24F6N2O5.2CH4/c1-42-24(40)28(34,35)26(11-12-26)38-25(41)39-27(16-17-5-3-2-4-6-17,18-7-9-20(30)10-8-18)19-13-21(31)15-22(14-19)43-29(36,37)23(32)33;1-41-24(39)23(38)27(11-12-27)36-26(40)37-28(16-17-5-3-2-4-6-17,18-7-9-20(30)10-8-18)19-13-21(31)15-22(14-19)42-29(34,35)25(32)33;;/h2-10,13-15,23H,11-12,16H2,1H3,(H2,38,39,41);2-10,13-15,25H,11-12,16H2,1H3,(H2,36,37,40);2*1H4/t27-;28-;;/m11../s1. The molecule has 8 rings (SSSR count). The molecule has 4 amide bonds. The molecule has 27 heteroatoms. The van der Waals surface area contributed by atoms with Crippen LogP contribution in [0.1, 0.15) is 73.9 Å². The zero-order valence-electron chi connectivity index (χ0n) is 44.2. The molecular weight excluding hydrogens is 1190 g/mol. The number of urea groups is 2. The lowest BCUT2D eigenvalue weighted by molar-refractivity contribution is -0.253. The van der Waals surface area contributed by atoms with Gasteiger partial charge >= 0.3 is 55.0 Å². The lowest BCUT2D eigenvalue weighted by Gasteiger charge is -2.38. The summed E-state index contributed by atoms with van der Waals surface area (Å²) in [5, 5.41) is 9.64. The molecular formula is C60H56F14N4O9. The van der Waals surface area contributed by atoms with Crippen LogP contribution in [-0.2, 0) is 47.8 Å². The van der Waals surface area contributed by atoms with Gasteiger partial charge in [-0.25, -0.2) is 36.7 Å². The molecule has 0 spiro atoms. The Bertz CT molecular complexity index is 3380. The van der Waals surface area contributed by atoms with Crippen molar-refractivity contribution in [1.82, 2.24) is 21.3 Å². The summed E-state index contributed by atoms with van der Waals surface area (Å²) in [7, 11) is 1.74. The first-order valence-electron chi connectivity index (χ1n) is 25.2. The molecule has 2 atom stereocenters. The third kappa shape index (κ3) is 15.8. The van der Waals surface area contributed by atoms with Crippen molar-refractivity contribution in [2.75, 3.05) is 14.2 Å². The number of ether oxygens (including phenoxy) is 4. The van der Waals surface area contributed by atoms with Crippen molar-refractivity contribution in [1.29, 1.82) is 0 Å². The van der Waals surface area contributed by atoms with E-state index in [1.165, 1.54) is 24.3 Å². The fourth-order valence-electron chi connectivity index (χ4n) is 9.20. The average Bonchev–Trinajstić information content (AvgIpc) is 1.79. The maximum atomic E-state index is 14.9. The van der Waals surface area contributed by atoms with E-state index in [-0.39, 0.29) is 75.6 Å². The van der Waals surface area contributed by atoms with Crippen LogP contribution >= 0.6 is 0 Å². The maximum absolute atomic E-state index is 14.9. The number of nitrogens with one attached hydrogen (secondary N) is 4. The SMILES string of the molecule is C.C.COC(=O)C(=O)C1(NC(=O)N[C@](Cc2ccccc2)(c2ccc(F)cc2)c2cc(F)cc(OC(F)(F)C(F)F)c2)CC1.COC(=O)C(F)(F)C1(NC(=O)N[C@](Cc2ccccc2)(c2ccc(F)cc2)c2cc(F)cc(OC(F)(F)C(F)F)c2)CC1. The van der Waals surface area contributed by atoms with E-state index in [0.29, 0.717) is 23.3 Å². The Morgan fingerprint density at radius 2 is 0.862 bits per heavy atom. The van der Waals surface area contributed by atoms with Crippen LogP contribution in [0, 0.1) is 23.3 Å². The fraction of sp³-hybridized carbons (Fsp3) is 0.317. The zero-order chi connectivity index (χ0) is 62.3. The second kappa shape index (κ2) is 27.2. The van der Waals surface area contributed by atoms with Gasteiger partial charge in [-0.3, -0.25) is 4.79 Å². The van der Waals surface area contributed by atoms with Crippen molar-refractivity contribution in [2.24, 2.45) is 0 Å². The van der Waals surface area contributed by atoms with Crippen molar-refractivity contribution >= 4 is 29.8 Å². The van der Waals surface area contributed by atoms with Gasteiger partial charge in [0.1, 0.15) is 45.8 Å². The van der Waals surface area contributed by atoms with Crippen molar-refractivity contribution in [3.63, 3.8) is 0 Å². The van der Waals surface area contributed by atoms with Gasteiger partial charge in [-0.05, 0) is 108 Å². The van der Waals surface area contributed by atoms with E-state index in [4.69, 9.17) is 0 Å². The summed E-state index contributed by atoms with van der Waals surface area (Å²) in [5.41, 5.74) is -7.29. The van der Waals surface area contributed by atoms with Gasteiger partial charge in [0.25, 0.3) is 5.78 Å². The summed E-state index contributed by atoms with van der Waals surface area (Å²) in [4.78, 5) is 63.1. The van der Waals surface area contributed by atoms with Gasteiger partial charge in [0.2, 0.25) is 0 Å². The average molecular weight is 1240 g/mol. The Hall–Kier alpha value is -8.91. The lowest BCUT2D eigenvalue weighted by atomic mass is 9.77. The molecule has 0 aromatic heterocycles. The van der Waals surface area contributed by atoms with Crippen molar-refractivity contribution in [3.05, 3.63) is 202 Å². The van der Waals surface area contributed by atoms with Crippen LogP contribution in [0.3, 0.4) is 0 Å². The van der Waals surface area contributed by atoms with Crippen LogP contribution in [0.5, 0.6) is 11.5 Å². The monoisotopic (exact) mass is 1240 g/mol. The zero-order valence-corrected chi connectivity index (χ0v) is 44.2. The van der Waals surface area contributed by atoms with Crippen LogP contribution in [0.25, 0.3) is 0 Å². The number of carbonyl (C=O) groups is 5. The first-order valence-corrected chi connectivity index (χ1v) is 25.2. The van der Waals surface area contributed by atoms with Gasteiger partial charge in [0.05, 0.1) is 25.3 Å². The Morgan fingerprint density at radius 3 is 1.20 bits per heavy atom. The van der Waals surface area contributed by atoms with E-state index in [1.54, 1.807) is 60.7 Å². The second-order valence-electron chi connectivity index (χ2n) is 19.6. The quantitative estimate of drug-likeness (QED) is 0.0293. The molecule has 2 fully saturated rings. The number of amides is 4. The van der Waals surface area contributed by atoms with Gasteiger partial charge in [0.15, 0.2) is 0 Å². The number of alkyl halides is 10. The van der Waals surface area contributed by atoms with Crippen LogP contribution in [0.4, 0.5) is 71.1 Å². The minimum absolute atomic E-state index is 0. The van der Waals surface area contributed by atoms with E-state index < -0.39 is 118 Å². The summed E-state index contributed by atoms with van der Waals surface area (Å²) in [6, 6.07) is 27.0. The molecule has 2 aliphatic carbocycles. The normalized spacial score (nSPS) is 15.2. The van der Waals surface area contributed by atoms with E-state index in [9.17, 15) is 85.4 Å². The van der Waals surface area contributed by atoms with E-state index in [2.05, 4.69) is 40.2 Å². The summed E-state index contributed by atoms with van der Waals surface area (Å²) >= 11 is 0. The van der Waals surface area contributed by atoms with Crippen molar-refractivity contribution < 1.29 is 104 Å². The lowest BCUT2D eigenvalue weighted by Crippen LogP contribution is -2.60. The number of ketones is 1. The highest BCUT2D eigenvalue weighted by Gasteiger charge is 2.68. The number of hydrogen-bond donors (Lipinski definition) is 4. The molecule has 6 aromatic carbocycles. The van der Waals surface area contributed by atoms with Crippen LogP contribution in [-0.4, -0.2) is 86.1 Å². The van der Waals surface area contributed by atoms with Crippen LogP contribution < -0.4 is 30.7 Å². The van der Waals surface area contributed by atoms with Gasteiger partial charge in [-0.2, -0.15) is 43.9 Å². The first kappa shape index (κ1) is 68.9. The Labute approximate surface area is 488 Å². The highest BCUT2D eigenvalue weighted by atomic mass is 19.3. The topological polar surface area (TPSA) is 170 Å². The summed E-state index contributed by atoms with van der Waals surface area (Å²) in [6.45, 7) is 0. The van der Waals surface area contributed by atoms with E-state index in [0.717, 1.165) is 62.8 Å². The minimum Gasteiger partial charge on any atom is -0.465 e. The maximum Gasteiger partial charge on any atom is 0.461 e. The largest absolute Gasteiger partial charge is 0.465 e. The smallest absolute Gasteiger partial charge is 0.461 e. The minimum atomic E-state index is -5.02. The number of Topliss-reactive ketones (excluding diaryl/α,β-unsaturated/α-hetero) is 1. The predicted molar refractivity (Wildman–Crippen MR) is 285 cm³/mol. The number of esters is 2. The van der Waals surface area contributed by atoms with Crippen LogP contribution in [0.2, 0.25) is 0 Å². The number of halogens is 14. The number of carbonyl (C=O) groups excluding carboxylic acids is 5. The number of hydrogen-bond acceptors (Lipinski definition) is 9. The molecule has 2 saturated carbocycles. The molecule has 0 radical (unpaired) electrons. The molecule has 0 heterocycles. The molecule has 0 saturated heterocycles. The number of rotatable bonds is 22. The molecule has 2 aliphatic rings. The van der Waals surface area contributed by atoms with Crippen molar-refractivity contribution in [2.45, 2.75) is 107 Å². The summed E-state index contributed by atoms with van der Waals surface area (Å²) in [6.07, 6.45) is -19.4. The Morgan fingerprint density at radius 1 is 0.483 bits per heavy atom. The van der Waals surface area contributed by atoms with E-state index >= 15 is 0 Å². The van der Waals surface area contributed by atoms with Gasteiger partial charge in [0, 0.05) is 25.0 Å². The third-order valence-electron chi connectivity index (χ3n) is 13.8. The number of benzene rings is 6. The molecule has 4 N–H and O–H groups in total. The van der Waals surface area contributed by atoms with Gasteiger partial charge in [-0.1, -0.05) is 99.8 Å². The second-order valence-corrected chi connectivity index (χ2v) is 19.6. The molecule has 87 heavy (non-hydrogen) atoms. The molecule has 6 aromatic rings. The van der Waals surface area contributed by atoms with Crippen molar-refractivity contribution in [3.8, 4) is 11.5 Å². The van der Waals surface area contributed by atoms with Crippen LogP contribution in [0.15, 0.2) is 146 Å². The molecule has 468 valence electrons. The highest BCUT2D eigenvalue weighted by molar-refractivity contribution is 6.38. The molecule has 13 nitrogen and oxygen atoms in total. The highest BCUT2D eigenvalue weighted by Crippen LogP contribution is 2.49. The molecule has 0 bridgehead atoms. The third-order valence-corrected chi connectivity index (χ3v) is 13.8. The number of methoxy groups -OCH3 is 2. The molecule has 0 unspecified atom stereocenters. The summed E-state index contributed by atoms with van der Waals surface area (Å²) in [5.74, 6) is -14.1. The van der Waals surface area contributed by atoms with Gasteiger partial charge < -0.3 is 40.2 Å². The molecule has 0 aliphatic heterocycles. The fourth-order valence-corrected chi connectivity index (χ4v) is 9.20.